The van der Waals surface area contributed by atoms with Crippen LogP contribution < -0.4 is 4.90 Å². The number of anilines is 1. The molecule has 2 aliphatic rings. The molecular weight excluding hydrogens is 390 g/mol. The zero-order valence-electron chi connectivity index (χ0n) is 15.4. The van der Waals surface area contributed by atoms with Crippen LogP contribution in [0.4, 0.5) is 5.69 Å². The highest BCUT2D eigenvalue weighted by atomic mass is 32.2. The molecule has 0 aliphatic carbocycles. The van der Waals surface area contributed by atoms with Gasteiger partial charge in [0.2, 0.25) is 10.0 Å². The van der Waals surface area contributed by atoms with Gasteiger partial charge in [-0.25, -0.2) is 13.3 Å². The molecule has 3 heterocycles. The monoisotopic (exact) mass is 407 g/mol. The molecule has 0 saturated carbocycles. The van der Waals surface area contributed by atoms with E-state index in [-0.39, 0.29) is 10.5 Å². The van der Waals surface area contributed by atoms with Crippen molar-refractivity contribution in [1.29, 1.82) is 0 Å². The van der Waals surface area contributed by atoms with E-state index >= 15 is 0 Å². The second-order valence-electron chi connectivity index (χ2n) is 7.11. The number of imide groups is 1. The zero-order valence-corrected chi connectivity index (χ0v) is 16.2. The predicted octanol–water partition coefficient (Wildman–Crippen LogP) is 2.82. The van der Waals surface area contributed by atoms with Crippen LogP contribution in [-0.4, -0.2) is 42.6 Å². The first-order chi connectivity index (χ1) is 14.0. The Balaban J connectivity index is 1.69. The van der Waals surface area contributed by atoms with Gasteiger partial charge in [0.15, 0.2) is 0 Å². The number of rotatable bonds is 3. The molecule has 7 nitrogen and oxygen atoms in total. The summed E-state index contributed by atoms with van der Waals surface area (Å²) in [5.74, 6) is -0.953. The van der Waals surface area contributed by atoms with Crippen molar-refractivity contribution in [3.63, 3.8) is 0 Å². The number of hydrogen-bond donors (Lipinski definition) is 0. The summed E-state index contributed by atoms with van der Waals surface area (Å²) in [5.41, 5.74) is 1.01. The number of amides is 2. The number of carbonyl (C=O) groups is 2. The Kier molecular flexibility index (Phi) is 4.01. The van der Waals surface area contributed by atoms with Crippen LogP contribution in [0.25, 0.3) is 10.8 Å². The highest BCUT2D eigenvalue weighted by Gasteiger charge is 2.37. The van der Waals surface area contributed by atoms with Crippen LogP contribution in [0.15, 0.2) is 59.8 Å². The quantitative estimate of drug-likeness (QED) is 0.623. The van der Waals surface area contributed by atoms with Crippen LogP contribution in [0.3, 0.4) is 0 Å². The standard InChI is InChI=1S/C21H17N3O4S/c25-20(14-5-4-10-22-13-14)24-17-8-9-18(29(27,28)23-11-1-2-12-23)15-6-3-7-16(19(15)17)21(24)26/h3-10,13H,1-2,11-12H2. The number of sulfonamides is 1. The molecule has 0 bridgehead atoms. The van der Waals surface area contributed by atoms with E-state index in [2.05, 4.69) is 4.98 Å². The SMILES string of the molecule is O=C(c1cccnc1)N1C(=O)c2cccc3c(S(=O)(=O)N4CCCC4)ccc1c23. The summed E-state index contributed by atoms with van der Waals surface area (Å²) in [5, 5.41) is 0.955. The zero-order chi connectivity index (χ0) is 20.2. The van der Waals surface area contributed by atoms with Crippen molar-refractivity contribution in [3.05, 3.63) is 66.0 Å². The molecule has 0 N–H and O–H groups in total. The molecule has 2 aromatic carbocycles. The van der Waals surface area contributed by atoms with Crippen LogP contribution in [0.2, 0.25) is 0 Å². The molecule has 2 aliphatic heterocycles. The van der Waals surface area contributed by atoms with E-state index < -0.39 is 21.8 Å². The molecule has 146 valence electrons. The van der Waals surface area contributed by atoms with Gasteiger partial charge in [0.1, 0.15) is 0 Å². The summed E-state index contributed by atoms with van der Waals surface area (Å²) in [6, 6.07) is 11.2. The summed E-state index contributed by atoms with van der Waals surface area (Å²) in [6.07, 6.45) is 4.63. The normalized spacial score (nSPS) is 16.7. The van der Waals surface area contributed by atoms with E-state index in [4.69, 9.17) is 0 Å². The fraction of sp³-hybridized carbons (Fsp3) is 0.190. The van der Waals surface area contributed by atoms with Gasteiger partial charge in [-0.3, -0.25) is 14.6 Å². The van der Waals surface area contributed by atoms with Gasteiger partial charge in [0.05, 0.1) is 21.7 Å². The summed E-state index contributed by atoms with van der Waals surface area (Å²) in [4.78, 5) is 31.2. The lowest BCUT2D eigenvalue weighted by Gasteiger charge is -2.19. The van der Waals surface area contributed by atoms with Crippen molar-refractivity contribution in [1.82, 2.24) is 9.29 Å². The second kappa shape index (κ2) is 6.47. The summed E-state index contributed by atoms with van der Waals surface area (Å²) >= 11 is 0. The number of hydrogen-bond acceptors (Lipinski definition) is 5. The largest absolute Gasteiger partial charge is 0.268 e. The van der Waals surface area contributed by atoms with Crippen LogP contribution in [0.1, 0.15) is 33.6 Å². The van der Waals surface area contributed by atoms with Crippen LogP contribution in [0.5, 0.6) is 0 Å². The maximum atomic E-state index is 13.2. The number of aromatic nitrogens is 1. The Morgan fingerprint density at radius 2 is 1.79 bits per heavy atom. The summed E-state index contributed by atoms with van der Waals surface area (Å²) < 4.78 is 27.8. The van der Waals surface area contributed by atoms with E-state index in [1.807, 2.05) is 0 Å². The molecule has 0 unspecified atom stereocenters. The minimum atomic E-state index is -3.67. The first kappa shape index (κ1) is 18.0. The molecule has 3 aromatic rings. The minimum absolute atomic E-state index is 0.170. The van der Waals surface area contributed by atoms with Crippen molar-refractivity contribution < 1.29 is 18.0 Å². The van der Waals surface area contributed by atoms with Crippen molar-refractivity contribution >= 4 is 38.3 Å². The molecule has 0 atom stereocenters. The van der Waals surface area contributed by atoms with Crippen molar-refractivity contribution in [2.45, 2.75) is 17.7 Å². The topological polar surface area (TPSA) is 87.6 Å². The van der Waals surface area contributed by atoms with E-state index in [1.165, 1.54) is 16.6 Å². The maximum absolute atomic E-state index is 13.2. The number of carbonyl (C=O) groups excluding carboxylic acids is 2. The van der Waals surface area contributed by atoms with E-state index in [1.54, 1.807) is 42.6 Å². The number of pyridine rings is 1. The highest BCUT2D eigenvalue weighted by molar-refractivity contribution is 7.89. The van der Waals surface area contributed by atoms with Crippen LogP contribution in [0, 0.1) is 0 Å². The lowest BCUT2D eigenvalue weighted by molar-refractivity contribution is 0.0903. The Bertz CT molecular complexity index is 1270. The van der Waals surface area contributed by atoms with Gasteiger partial charge in [0.25, 0.3) is 11.8 Å². The maximum Gasteiger partial charge on any atom is 0.266 e. The molecule has 1 aromatic heterocycles. The first-order valence-corrected chi connectivity index (χ1v) is 10.8. The van der Waals surface area contributed by atoms with Crippen molar-refractivity contribution in [2.24, 2.45) is 0 Å². The number of nitrogens with zero attached hydrogens (tertiary/aromatic N) is 3. The smallest absolute Gasteiger partial charge is 0.266 e. The van der Waals surface area contributed by atoms with Gasteiger partial charge < -0.3 is 0 Å². The van der Waals surface area contributed by atoms with Gasteiger partial charge in [-0.2, -0.15) is 4.31 Å². The molecule has 2 amide bonds. The average Bonchev–Trinajstić information content (AvgIpc) is 3.38. The van der Waals surface area contributed by atoms with Gasteiger partial charge in [-0.15, -0.1) is 0 Å². The average molecular weight is 407 g/mol. The van der Waals surface area contributed by atoms with Crippen molar-refractivity contribution in [3.8, 4) is 0 Å². The third-order valence-electron chi connectivity index (χ3n) is 5.45. The van der Waals surface area contributed by atoms with E-state index in [0.29, 0.717) is 35.1 Å². The fourth-order valence-electron chi connectivity index (χ4n) is 4.07. The summed E-state index contributed by atoms with van der Waals surface area (Å²) in [7, 11) is -3.67. The lowest BCUT2D eigenvalue weighted by atomic mass is 10.1. The summed E-state index contributed by atoms with van der Waals surface area (Å²) in [6.45, 7) is 0.992. The van der Waals surface area contributed by atoms with E-state index in [9.17, 15) is 18.0 Å². The van der Waals surface area contributed by atoms with Gasteiger partial charge >= 0.3 is 0 Å². The van der Waals surface area contributed by atoms with Crippen molar-refractivity contribution in [2.75, 3.05) is 18.0 Å². The lowest BCUT2D eigenvalue weighted by Crippen LogP contribution is -2.33. The predicted molar refractivity (Wildman–Crippen MR) is 107 cm³/mol. The first-order valence-electron chi connectivity index (χ1n) is 9.35. The van der Waals surface area contributed by atoms with E-state index in [0.717, 1.165) is 17.7 Å². The molecule has 0 radical (unpaired) electrons. The third kappa shape index (κ3) is 2.60. The molecule has 1 saturated heterocycles. The minimum Gasteiger partial charge on any atom is -0.268 e. The fourth-order valence-corrected chi connectivity index (χ4v) is 5.77. The molecule has 8 heteroatoms. The molecule has 29 heavy (non-hydrogen) atoms. The van der Waals surface area contributed by atoms with Crippen LogP contribution in [-0.2, 0) is 10.0 Å². The highest BCUT2D eigenvalue weighted by Crippen LogP contribution is 2.41. The van der Waals surface area contributed by atoms with Crippen LogP contribution >= 0.6 is 0 Å². The third-order valence-corrected chi connectivity index (χ3v) is 7.40. The Morgan fingerprint density at radius 1 is 1.00 bits per heavy atom. The number of benzene rings is 2. The Labute approximate surface area is 167 Å². The second-order valence-corrected chi connectivity index (χ2v) is 9.02. The van der Waals surface area contributed by atoms with Gasteiger partial charge in [-0.05, 0) is 43.2 Å². The molecular formula is C21H17N3O4S. The molecule has 0 spiro atoms. The Hall–Kier alpha value is -3.10. The Morgan fingerprint density at radius 3 is 2.52 bits per heavy atom. The van der Waals surface area contributed by atoms with Gasteiger partial charge in [-0.1, -0.05) is 12.1 Å². The van der Waals surface area contributed by atoms with Gasteiger partial charge in [0, 0.05) is 36.3 Å². The molecule has 1 fully saturated rings. The molecule has 5 rings (SSSR count).